The van der Waals surface area contributed by atoms with Crippen molar-refractivity contribution in [3.8, 4) is 11.5 Å². The van der Waals surface area contributed by atoms with Crippen molar-refractivity contribution in [2.24, 2.45) is 5.73 Å². The second-order valence-electron chi connectivity index (χ2n) is 5.43. The van der Waals surface area contributed by atoms with E-state index < -0.39 is 0 Å². The van der Waals surface area contributed by atoms with Crippen LogP contribution in [-0.4, -0.2) is 37.7 Å². The van der Waals surface area contributed by atoms with E-state index in [0.29, 0.717) is 22.6 Å². The van der Waals surface area contributed by atoms with Gasteiger partial charge in [0.05, 0.1) is 25.3 Å². The lowest BCUT2D eigenvalue weighted by Gasteiger charge is -2.31. The van der Waals surface area contributed by atoms with Crippen molar-refractivity contribution < 1.29 is 9.47 Å². The summed E-state index contributed by atoms with van der Waals surface area (Å²) in [5.41, 5.74) is 7.31. The summed E-state index contributed by atoms with van der Waals surface area (Å²) in [5.74, 6) is 1.22. The number of nitrogens with two attached hydrogens (primary N) is 1. The standard InChI is InChI=1S/C15H23ClN2O2/c1-9(2)18-8-7-11(17)14(18)10-5-6-12(19-3)15(20-4)13(10)16/h5-6,9,11,14H,7-8,17H2,1-4H3. The number of ether oxygens (including phenoxy) is 2. The van der Waals surface area contributed by atoms with Gasteiger partial charge in [-0.05, 0) is 31.9 Å². The molecule has 0 amide bonds. The Labute approximate surface area is 125 Å². The highest BCUT2D eigenvalue weighted by molar-refractivity contribution is 6.33. The van der Waals surface area contributed by atoms with Crippen molar-refractivity contribution >= 4 is 11.6 Å². The molecule has 112 valence electrons. The van der Waals surface area contributed by atoms with E-state index in [9.17, 15) is 0 Å². The Morgan fingerprint density at radius 3 is 2.55 bits per heavy atom. The van der Waals surface area contributed by atoms with E-state index in [1.165, 1.54) is 0 Å². The fraction of sp³-hybridized carbons (Fsp3) is 0.600. The SMILES string of the molecule is COc1ccc(C2C(N)CCN2C(C)C)c(Cl)c1OC. The van der Waals surface area contributed by atoms with Crippen LogP contribution < -0.4 is 15.2 Å². The van der Waals surface area contributed by atoms with E-state index in [2.05, 4.69) is 18.7 Å². The van der Waals surface area contributed by atoms with Crippen molar-refractivity contribution in [3.63, 3.8) is 0 Å². The summed E-state index contributed by atoms with van der Waals surface area (Å²) in [7, 11) is 3.21. The molecule has 1 aromatic rings. The Kier molecular flexibility index (Phi) is 4.78. The van der Waals surface area contributed by atoms with Crippen molar-refractivity contribution in [2.75, 3.05) is 20.8 Å². The molecule has 2 rings (SSSR count). The highest BCUT2D eigenvalue weighted by Crippen LogP contribution is 2.43. The molecule has 1 aliphatic rings. The maximum atomic E-state index is 6.52. The highest BCUT2D eigenvalue weighted by Gasteiger charge is 2.36. The third-order valence-corrected chi connectivity index (χ3v) is 4.37. The van der Waals surface area contributed by atoms with Gasteiger partial charge in [-0.3, -0.25) is 4.90 Å². The summed E-state index contributed by atoms with van der Waals surface area (Å²) in [6, 6.07) is 4.53. The third-order valence-electron chi connectivity index (χ3n) is 3.98. The summed E-state index contributed by atoms with van der Waals surface area (Å²) in [6.07, 6.45) is 0.980. The van der Waals surface area contributed by atoms with Crippen LogP contribution in [0.25, 0.3) is 0 Å². The Bertz CT molecular complexity index is 479. The van der Waals surface area contributed by atoms with Crippen LogP contribution in [-0.2, 0) is 0 Å². The number of nitrogens with zero attached hydrogens (tertiary/aromatic N) is 1. The zero-order valence-corrected chi connectivity index (χ0v) is 13.3. The second kappa shape index (κ2) is 6.20. The number of rotatable bonds is 4. The molecule has 1 aromatic carbocycles. The lowest BCUT2D eigenvalue weighted by Crippen LogP contribution is -2.36. The predicted molar refractivity (Wildman–Crippen MR) is 81.7 cm³/mol. The maximum Gasteiger partial charge on any atom is 0.179 e. The first-order valence-electron chi connectivity index (χ1n) is 6.93. The first-order valence-corrected chi connectivity index (χ1v) is 7.30. The van der Waals surface area contributed by atoms with Crippen LogP contribution in [0.3, 0.4) is 0 Å². The van der Waals surface area contributed by atoms with E-state index in [0.717, 1.165) is 18.5 Å². The van der Waals surface area contributed by atoms with Crippen LogP contribution in [0.15, 0.2) is 12.1 Å². The fourth-order valence-corrected chi connectivity index (χ4v) is 3.31. The monoisotopic (exact) mass is 298 g/mol. The molecule has 2 N–H and O–H groups in total. The van der Waals surface area contributed by atoms with Gasteiger partial charge in [0.15, 0.2) is 11.5 Å². The van der Waals surface area contributed by atoms with Crippen molar-refractivity contribution in [1.82, 2.24) is 4.90 Å². The van der Waals surface area contributed by atoms with Crippen LogP contribution in [0.4, 0.5) is 0 Å². The maximum absolute atomic E-state index is 6.52. The lowest BCUT2D eigenvalue weighted by atomic mass is 9.99. The Balaban J connectivity index is 2.46. The van der Waals surface area contributed by atoms with Crippen LogP contribution in [0.5, 0.6) is 11.5 Å². The van der Waals surface area contributed by atoms with Gasteiger partial charge >= 0.3 is 0 Å². The number of hydrogen-bond acceptors (Lipinski definition) is 4. The zero-order chi connectivity index (χ0) is 14.9. The molecule has 0 aromatic heterocycles. The average Bonchev–Trinajstić information content (AvgIpc) is 2.80. The van der Waals surface area contributed by atoms with Gasteiger partial charge < -0.3 is 15.2 Å². The molecule has 1 aliphatic heterocycles. The normalized spacial score (nSPS) is 23.4. The molecule has 0 aliphatic carbocycles. The average molecular weight is 299 g/mol. The van der Waals surface area contributed by atoms with Gasteiger partial charge in [0.2, 0.25) is 0 Å². The minimum absolute atomic E-state index is 0.0907. The van der Waals surface area contributed by atoms with E-state index >= 15 is 0 Å². The van der Waals surface area contributed by atoms with Crippen molar-refractivity contribution in [1.29, 1.82) is 0 Å². The van der Waals surface area contributed by atoms with Crippen LogP contribution in [0.2, 0.25) is 5.02 Å². The van der Waals surface area contributed by atoms with Crippen LogP contribution >= 0.6 is 11.6 Å². The number of benzene rings is 1. The predicted octanol–water partition coefficient (Wildman–Crippen LogP) is 2.84. The summed E-state index contributed by atoms with van der Waals surface area (Å²) < 4.78 is 10.7. The molecular formula is C15H23ClN2O2. The molecule has 1 heterocycles. The number of halogens is 1. The topological polar surface area (TPSA) is 47.7 Å². The smallest absolute Gasteiger partial charge is 0.179 e. The fourth-order valence-electron chi connectivity index (χ4n) is 2.96. The van der Waals surface area contributed by atoms with Gasteiger partial charge in [-0.15, -0.1) is 0 Å². The van der Waals surface area contributed by atoms with E-state index in [4.69, 9.17) is 26.8 Å². The van der Waals surface area contributed by atoms with Gasteiger partial charge in [0.25, 0.3) is 0 Å². The Morgan fingerprint density at radius 2 is 2.00 bits per heavy atom. The molecule has 1 fully saturated rings. The van der Waals surface area contributed by atoms with Crippen LogP contribution in [0, 0.1) is 0 Å². The Morgan fingerprint density at radius 1 is 1.30 bits per heavy atom. The molecule has 2 unspecified atom stereocenters. The molecule has 4 nitrogen and oxygen atoms in total. The highest BCUT2D eigenvalue weighted by atomic mass is 35.5. The quantitative estimate of drug-likeness (QED) is 0.928. The summed E-state index contributed by atoms with van der Waals surface area (Å²) in [4.78, 5) is 2.39. The molecular weight excluding hydrogens is 276 g/mol. The first-order chi connectivity index (χ1) is 9.51. The number of methoxy groups -OCH3 is 2. The molecule has 0 radical (unpaired) electrons. The lowest BCUT2D eigenvalue weighted by molar-refractivity contribution is 0.198. The first kappa shape index (κ1) is 15.4. The van der Waals surface area contributed by atoms with E-state index in [1.54, 1.807) is 14.2 Å². The number of likely N-dealkylation sites (tertiary alicyclic amines) is 1. The van der Waals surface area contributed by atoms with Gasteiger partial charge in [-0.2, -0.15) is 0 Å². The molecule has 2 atom stereocenters. The summed E-state index contributed by atoms with van der Waals surface area (Å²) in [6.45, 7) is 5.35. The Hall–Kier alpha value is -0.970. The van der Waals surface area contributed by atoms with Gasteiger partial charge in [-0.1, -0.05) is 17.7 Å². The molecule has 20 heavy (non-hydrogen) atoms. The largest absolute Gasteiger partial charge is 0.493 e. The van der Waals surface area contributed by atoms with Crippen LogP contribution in [0.1, 0.15) is 31.9 Å². The van der Waals surface area contributed by atoms with Gasteiger partial charge in [-0.25, -0.2) is 0 Å². The minimum atomic E-state index is 0.0907. The van der Waals surface area contributed by atoms with Crippen molar-refractivity contribution in [2.45, 2.75) is 38.4 Å². The minimum Gasteiger partial charge on any atom is -0.493 e. The molecule has 0 spiro atoms. The molecule has 0 bridgehead atoms. The van der Waals surface area contributed by atoms with Crippen molar-refractivity contribution in [3.05, 3.63) is 22.7 Å². The molecule has 1 saturated heterocycles. The summed E-state index contributed by atoms with van der Waals surface area (Å²) in [5, 5.41) is 0.597. The number of hydrogen-bond donors (Lipinski definition) is 1. The zero-order valence-electron chi connectivity index (χ0n) is 12.5. The van der Waals surface area contributed by atoms with E-state index in [-0.39, 0.29) is 12.1 Å². The van der Waals surface area contributed by atoms with E-state index in [1.807, 2.05) is 12.1 Å². The van der Waals surface area contributed by atoms with Gasteiger partial charge in [0.1, 0.15) is 0 Å². The second-order valence-corrected chi connectivity index (χ2v) is 5.81. The summed E-state index contributed by atoms with van der Waals surface area (Å²) >= 11 is 6.52. The third kappa shape index (κ3) is 2.60. The van der Waals surface area contributed by atoms with Gasteiger partial charge in [0, 0.05) is 18.6 Å². The molecule has 0 saturated carbocycles. The molecule has 5 heteroatoms.